The van der Waals surface area contributed by atoms with Crippen molar-refractivity contribution in [3.63, 3.8) is 0 Å². The molecule has 2 N–H and O–H groups in total. The number of piperazine rings is 1. The monoisotopic (exact) mass is 318 g/mol. The lowest BCUT2D eigenvalue weighted by atomic mass is 10.3. The van der Waals surface area contributed by atoms with Gasteiger partial charge in [-0.1, -0.05) is 0 Å². The second-order valence-electron chi connectivity index (χ2n) is 4.91. The predicted octanol–water partition coefficient (Wildman–Crippen LogP) is -0.181. The van der Waals surface area contributed by atoms with Gasteiger partial charge in [0.2, 0.25) is 10.0 Å². The molecule has 0 aliphatic carbocycles. The molecule has 114 valence electrons. The third-order valence-electron chi connectivity index (χ3n) is 3.26. The molecule has 0 saturated carbocycles. The maximum Gasteiger partial charge on any atom is 0.212 e. The molecule has 1 aliphatic rings. The Hall–Kier alpha value is -0.540. The number of hydrogen-bond acceptors (Lipinski definition) is 6. The molecule has 1 aromatic rings. The van der Waals surface area contributed by atoms with Gasteiger partial charge in [-0.15, -0.1) is 11.3 Å². The van der Waals surface area contributed by atoms with E-state index in [-0.39, 0.29) is 5.75 Å². The molecule has 1 saturated heterocycles. The highest BCUT2D eigenvalue weighted by atomic mass is 32.2. The van der Waals surface area contributed by atoms with Crippen LogP contribution in [0.1, 0.15) is 10.7 Å². The van der Waals surface area contributed by atoms with Crippen LogP contribution in [-0.4, -0.2) is 63.3 Å². The van der Waals surface area contributed by atoms with Gasteiger partial charge in [0.1, 0.15) is 0 Å². The summed E-state index contributed by atoms with van der Waals surface area (Å²) in [4.78, 5) is 6.50. The van der Waals surface area contributed by atoms with Gasteiger partial charge in [-0.25, -0.2) is 18.1 Å². The van der Waals surface area contributed by atoms with Gasteiger partial charge >= 0.3 is 0 Å². The van der Waals surface area contributed by atoms with Gasteiger partial charge in [0, 0.05) is 51.1 Å². The van der Waals surface area contributed by atoms with Crippen molar-refractivity contribution in [2.45, 2.75) is 13.3 Å². The second-order valence-corrected chi connectivity index (χ2v) is 7.90. The van der Waals surface area contributed by atoms with Crippen molar-refractivity contribution in [1.82, 2.24) is 19.9 Å². The highest BCUT2D eigenvalue weighted by molar-refractivity contribution is 7.89. The fraction of sp³-hybridized carbons (Fsp3) is 0.750. The van der Waals surface area contributed by atoms with Gasteiger partial charge in [0.15, 0.2) is 0 Å². The van der Waals surface area contributed by atoms with Crippen molar-refractivity contribution in [3.05, 3.63) is 16.1 Å². The van der Waals surface area contributed by atoms with Gasteiger partial charge < -0.3 is 5.32 Å². The zero-order chi connectivity index (χ0) is 14.4. The SMILES string of the molecule is Cc1nc(CCNS(=O)(=O)CCN2CCNCC2)cs1. The molecule has 1 fully saturated rings. The van der Waals surface area contributed by atoms with E-state index in [1.807, 2.05) is 12.3 Å². The Kier molecular flexibility index (Phi) is 5.91. The molecular weight excluding hydrogens is 296 g/mol. The maximum absolute atomic E-state index is 11.9. The highest BCUT2D eigenvalue weighted by Gasteiger charge is 2.15. The molecule has 0 atom stereocenters. The average molecular weight is 318 g/mol. The molecule has 20 heavy (non-hydrogen) atoms. The predicted molar refractivity (Wildman–Crippen MR) is 81.7 cm³/mol. The number of hydrogen-bond donors (Lipinski definition) is 2. The van der Waals surface area contributed by atoms with Crippen LogP contribution in [0.5, 0.6) is 0 Å². The Balaban J connectivity index is 1.67. The summed E-state index contributed by atoms with van der Waals surface area (Å²) in [5.41, 5.74) is 0.956. The summed E-state index contributed by atoms with van der Waals surface area (Å²) in [5, 5.41) is 6.25. The smallest absolute Gasteiger partial charge is 0.212 e. The van der Waals surface area contributed by atoms with E-state index in [1.165, 1.54) is 0 Å². The van der Waals surface area contributed by atoms with Crippen molar-refractivity contribution in [2.24, 2.45) is 0 Å². The molecule has 1 aromatic heterocycles. The Morgan fingerprint density at radius 3 is 2.85 bits per heavy atom. The summed E-state index contributed by atoms with van der Waals surface area (Å²) < 4.78 is 26.4. The number of aromatic nitrogens is 1. The van der Waals surface area contributed by atoms with Crippen LogP contribution in [0.15, 0.2) is 5.38 Å². The normalized spacial score (nSPS) is 17.4. The molecule has 6 nitrogen and oxygen atoms in total. The van der Waals surface area contributed by atoms with E-state index in [4.69, 9.17) is 0 Å². The van der Waals surface area contributed by atoms with Crippen LogP contribution in [0.3, 0.4) is 0 Å². The summed E-state index contributed by atoms with van der Waals surface area (Å²) >= 11 is 1.59. The van der Waals surface area contributed by atoms with Gasteiger partial charge in [0.05, 0.1) is 16.5 Å². The number of rotatable bonds is 7. The number of aryl methyl sites for hydroxylation is 1. The molecule has 2 heterocycles. The van der Waals surface area contributed by atoms with Crippen LogP contribution in [0, 0.1) is 6.92 Å². The average Bonchev–Trinajstić information content (AvgIpc) is 2.83. The van der Waals surface area contributed by atoms with Crippen LogP contribution in [0.2, 0.25) is 0 Å². The van der Waals surface area contributed by atoms with Crippen molar-refractivity contribution in [2.75, 3.05) is 45.0 Å². The van der Waals surface area contributed by atoms with Crippen LogP contribution in [0.25, 0.3) is 0 Å². The summed E-state index contributed by atoms with van der Waals surface area (Å²) in [6.07, 6.45) is 0.650. The summed E-state index contributed by atoms with van der Waals surface area (Å²) in [6.45, 7) is 6.71. The number of sulfonamides is 1. The van der Waals surface area contributed by atoms with Crippen molar-refractivity contribution in [1.29, 1.82) is 0 Å². The minimum absolute atomic E-state index is 0.170. The first-order valence-corrected chi connectivity index (χ1v) is 9.40. The number of thiazole rings is 1. The molecule has 8 heteroatoms. The zero-order valence-corrected chi connectivity index (χ0v) is 13.4. The van der Waals surface area contributed by atoms with E-state index in [0.29, 0.717) is 19.5 Å². The molecule has 0 amide bonds. The van der Waals surface area contributed by atoms with Gasteiger partial charge in [0.25, 0.3) is 0 Å². The first-order chi connectivity index (χ1) is 9.55. The zero-order valence-electron chi connectivity index (χ0n) is 11.8. The third-order valence-corrected chi connectivity index (χ3v) is 5.44. The topological polar surface area (TPSA) is 74.3 Å². The molecule has 2 rings (SSSR count). The molecule has 0 bridgehead atoms. The van der Waals surface area contributed by atoms with E-state index in [2.05, 4.69) is 19.9 Å². The first kappa shape index (κ1) is 15.8. The third kappa shape index (κ3) is 5.45. The molecule has 1 aliphatic heterocycles. The minimum atomic E-state index is -3.18. The largest absolute Gasteiger partial charge is 0.314 e. The fourth-order valence-electron chi connectivity index (χ4n) is 2.11. The second kappa shape index (κ2) is 7.46. The van der Waals surface area contributed by atoms with E-state index >= 15 is 0 Å². The number of nitrogens with one attached hydrogen (secondary N) is 2. The summed E-state index contributed by atoms with van der Waals surface area (Å²) in [7, 11) is -3.18. The minimum Gasteiger partial charge on any atom is -0.314 e. The highest BCUT2D eigenvalue weighted by Crippen LogP contribution is 2.07. The Morgan fingerprint density at radius 2 is 2.20 bits per heavy atom. The number of nitrogens with zero attached hydrogens (tertiary/aromatic N) is 2. The van der Waals surface area contributed by atoms with Crippen LogP contribution in [0.4, 0.5) is 0 Å². The Bertz CT molecular complexity index is 509. The van der Waals surface area contributed by atoms with E-state index in [9.17, 15) is 8.42 Å². The lowest BCUT2D eigenvalue weighted by molar-refractivity contribution is 0.253. The van der Waals surface area contributed by atoms with E-state index < -0.39 is 10.0 Å². The lowest BCUT2D eigenvalue weighted by Crippen LogP contribution is -2.46. The molecule has 0 unspecified atom stereocenters. The summed E-state index contributed by atoms with van der Waals surface area (Å²) in [5.74, 6) is 0.170. The van der Waals surface area contributed by atoms with Crippen molar-refractivity contribution < 1.29 is 8.42 Å². The quantitative estimate of drug-likeness (QED) is 0.729. The van der Waals surface area contributed by atoms with Gasteiger partial charge in [-0.05, 0) is 6.92 Å². The van der Waals surface area contributed by atoms with Crippen molar-refractivity contribution in [3.8, 4) is 0 Å². The maximum atomic E-state index is 11.9. The van der Waals surface area contributed by atoms with Gasteiger partial charge in [-0.2, -0.15) is 0 Å². The van der Waals surface area contributed by atoms with Gasteiger partial charge in [-0.3, -0.25) is 4.90 Å². The van der Waals surface area contributed by atoms with Crippen LogP contribution in [-0.2, 0) is 16.4 Å². The standard InChI is InChI=1S/C12H22N4O2S2/c1-11-15-12(10-19-11)2-3-14-20(17,18)9-8-16-6-4-13-5-7-16/h10,13-14H,2-9H2,1H3. The summed E-state index contributed by atoms with van der Waals surface area (Å²) in [6, 6.07) is 0. The van der Waals surface area contributed by atoms with Crippen LogP contribution >= 0.6 is 11.3 Å². The fourth-order valence-corrected chi connectivity index (χ4v) is 3.82. The van der Waals surface area contributed by atoms with E-state index in [1.54, 1.807) is 11.3 Å². The van der Waals surface area contributed by atoms with Crippen molar-refractivity contribution >= 4 is 21.4 Å². The molecule has 0 radical (unpaired) electrons. The Morgan fingerprint density at radius 1 is 1.45 bits per heavy atom. The van der Waals surface area contributed by atoms with E-state index in [0.717, 1.165) is 36.9 Å². The molecule has 0 aromatic carbocycles. The molecular formula is C12H22N4O2S2. The Labute approximate surface area is 124 Å². The van der Waals surface area contributed by atoms with Crippen LogP contribution < -0.4 is 10.0 Å². The first-order valence-electron chi connectivity index (χ1n) is 6.86. The lowest BCUT2D eigenvalue weighted by Gasteiger charge is -2.26. The molecule has 0 spiro atoms.